The number of hydrogen-bond donors (Lipinski definition) is 1. The summed E-state index contributed by atoms with van der Waals surface area (Å²) in [5.41, 5.74) is 2.26. The van der Waals surface area contributed by atoms with Crippen LogP contribution in [0.4, 0.5) is 0 Å². The van der Waals surface area contributed by atoms with Gasteiger partial charge in [0.25, 0.3) is 5.82 Å². The van der Waals surface area contributed by atoms with Gasteiger partial charge >= 0.3 is 0 Å². The second-order valence-electron chi connectivity index (χ2n) is 5.94. The fourth-order valence-electron chi connectivity index (χ4n) is 2.89. The fraction of sp³-hybridized carbons (Fsp3) is 0.250. The maximum absolute atomic E-state index is 10.0. The van der Waals surface area contributed by atoms with Gasteiger partial charge in [-0.1, -0.05) is 30.3 Å². The highest BCUT2D eigenvalue weighted by Crippen LogP contribution is 2.37. The Bertz CT molecular complexity index is 832. The summed E-state index contributed by atoms with van der Waals surface area (Å²) < 4.78 is 14.8. The highest BCUT2D eigenvalue weighted by molar-refractivity contribution is 5.52. The van der Waals surface area contributed by atoms with Gasteiger partial charge in [0.15, 0.2) is 11.5 Å². The van der Waals surface area contributed by atoms with Crippen LogP contribution in [-0.2, 0) is 13.1 Å². The molecule has 3 rings (SSSR count). The van der Waals surface area contributed by atoms with Gasteiger partial charge in [0, 0.05) is 12.5 Å². The Morgan fingerprint density at radius 2 is 1.64 bits per heavy atom. The first-order valence-electron chi connectivity index (χ1n) is 8.15. The van der Waals surface area contributed by atoms with Crippen molar-refractivity contribution in [3.63, 3.8) is 0 Å². The van der Waals surface area contributed by atoms with E-state index in [2.05, 4.69) is 52.7 Å². The Hall–Kier alpha value is -2.95. The monoisotopic (exact) mass is 339 g/mol. The summed E-state index contributed by atoms with van der Waals surface area (Å²) in [5, 5.41) is 10.0. The summed E-state index contributed by atoms with van der Waals surface area (Å²) in [6.07, 6.45) is 4.14. The van der Waals surface area contributed by atoms with E-state index in [1.807, 2.05) is 18.2 Å². The molecule has 0 radical (unpaired) electrons. The van der Waals surface area contributed by atoms with Crippen molar-refractivity contribution in [1.82, 2.24) is 4.57 Å². The molecule has 2 aromatic carbocycles. The molecule has 0 aliphatic carbocycles. The van der Waals surface area contributed by atoms with Crippen LogP contribution in [0.15, 0.2) is 54.9 Å². The number of methoxy groups -OCH3 is 2. The fourth-order valence-corrected chi connectivity index (χ4v) is 2.89. The van der Waals surface area contributed by atoms with E-state index in [1.54, 1.807) is 0 Å². The summed E-state index contributed by atoms with van der Waals surface area (Å²) >= 11 is 0. The number of imidazole rings is 1. The molecule has 0 saturated carbocycles. The molecule has 0 amide bonds. The number of nitrogens with zero attached hydrogens (tertiary/aromatic N) is 2. The minimum absolute atomic E-state index is 0.0251. The minimum atomic E-state index is 0.0251. The Labute approximate surface area is 147 Å². The van der Waals surface area contributed by atoms with Crippen LogP contribution in [0.25, 0.3) is 0 Å². The Morgan fingerprint density at radius 3 is 2.24 bits per heavy atom. The average molecular weight is 339 g/mol. The summed E-state index contributed by atoms with van der Waals surface area (Å²) in [6.45, 7) is 3.60. The molecule has 0 aliphatic heterocycles. The van der Waals surface area contributed by atoms with Crippen molar-refractivity contribution < 1.29 is 19.1 Å². The van der Waals surface area contributed by atoms with Gasteiger partial charge in [-0.3, -0.25) is 0 Å². The van der Waals surface area contributed by atoms with Gasteiger partial charge in [0.1, 0.15) is 25.5 Å². The SMILES string of the molecule is COc1cc(C[n+]2ccn(Cc3ccccc3)c2C)cc(OC)c1O. The number of aromatic hydroxyl groups is 1. The van der Waals surface area contributed by atoms with E-state index in [1.165, 1.54) is 19.8 Å². The number of phenols is 1. The van der Waals surface area contributed by atoms with E-state index in [-0.39, 0.29) is 5.75 Å². The van der Waals surface area contributed by atoms with E-state index in [9.17, 15) is 5.11 Å². The van der Waals surface area contributed by atoms with Crippen molar-refractivity contribution in [1.29, 1.82) is 0 Å². The molecule has 0 fully saturated rings. The normalized spacial score (nSPS) is 10.7. The van der Waals surface area contributed by atoms with Gasteiger partial charge in [-0.2, -0.15) is 0 Å². The van der Waals surface area contributed by atoms with Crippen molar-refractivity contribution in [2.75, 3.05) is 14.2 Å². The van der Waals surface area contributed by atoms with Gasteiger partial charge < -0.3 is 14.6 Å². The van der Waals surface area contributed by atoms with E-state index >= 15 is 0 Å². The first-order valence-corrected chi connectivity index (χ1v) is 8.15. The third-order valence-electron chi connectivity index (χ3n) is 4.35. The number of aromatic nitrogens is 2. The lowest BCUT2D eigenvalue weighted by Crippen LogP contribution is -2.36. The van der Waals surface area contributed by atoms with Crippen LogP contribution in [0.5, 0.6) is 17.2 Å². The van der Waals surface area contributed by atoms with Crippen molar-refractivity contribution in [3.05, 3.63) is 71.8 Å². The summed E-state index contributed by atoms with van der Waals surface area (Å²) in [7, 11) is 3.07. The third kappa shape index (κ3) is 3.60. The van der Waals surface area contributed by atoms with Gasteiger partial charge in [0.05, 0.1) is 14.2 Å². The summed E-state index contributed by atoms with van der Waals surface area (Å²) in [5.74, 6) is 2.00. The van der Waals surface area contributed by atoms with E-state index < -0.39 is 0 Å². The lowest BCUT2D eigenvalue weighted by atomic mass is 10.1. The molecule has 0 atom stereocenters. The van der Waals surface area contributed by atoms with Crippen molar-refractivity contribution in [2.24, 2.45) is 0 Å². The molecule has 25 heavy (non-hydrogen) atoms. The molecular weight excluding hydrogens is 316 g/mol. The molecule has 1 heterocycles. The van der Waals surface area contributed by atoms with Crippen molar-refractivity contribution in [3.8, 4) is 17.2 Å². The molecule has 3 aromatic rings. The van der Waals surface area contributed by atoms with Gasteiger partial charge in [-0.25, -0.2) is 9.13 Å². The number of phenolic OH excluding ortho intramolecular Hbond substituents is 1. The molecule has 1 N–H and O–H groups in total. The zero-order valence-electron chi connectivity index (χ0n) is 14.8. The summed E-state index contributed by atoms with van der Waals surface area (Å²) in [4.78, 5) is 0. The van der Waals surface area contributed by atoms with Crippen LogP contribution in [0, 0.1) is 6.92 Å². The predicted octanol–water partition coefficient (Wildman–Crippen LogP) is 2.90. The topological polar surface area (TPSA) is 47.5 Å². The highest BCUT2D eigenvalue weighted by Gasteiger charge is 2.16. The summed E-state index contributed by atoms with van der Waals surface area (Å²) in [6, 6.07) is 14.0. The van der Waals surface area contributed by atoms with Crippen LogP contribution in [-0.4, -0.2) is 23.9 Å². The van der Waals surface area contributed by atoms with Crippen LogP contribution < -0.4 is 14.0 Å². The quantitative estimate of drug-likeness (QED) is 0.703. The first kappa shape index (κ1) is 16.9. The highest BCUT2D eigenvalue weighted by atomic mass is 16.5. The van der Waals surface area contributed by atoms with Gasteiger partial charge in [-0.15, -0.1) is 0 Å². The first-order chi connectivity index (χ1) is 12.1. The maximum atomic E-state index is 10.0. The average Bonchev–Trinajstić information content (AvgIpc) is 2.97. The second kappa shape index (κ2) is 7.30. The van der Waals surface area contributed by atoms with E-state index in [4.69, 9.17) is 9.47 Å². The van der Waals surface area contributed by atoms with Crippen molar-refractivity contribution >= 4 is 0 Å². The Morgan fingerprint density at radius 1 is 1.00 bits per heavy atom. The predicted molar refractivity (Wildman–Crippen MR) is 95.2 cm³/mol. The minimum Gasteiger partial charge on any atom is -0.502 e. The lowest BCUT2D eigenvalue weighted by molar-refractivity contribution is -0.693. The molecule has 0 unspecified atom stereocenters. The van der Waals surface area contributed by atoms with Crippen LogP contribution in [0.3, 0.4) is 0 Å². The smallest absolute Gasteiger partial charge is 0.253 e. The molecule has 5 nitrogen and oxygen atoms in total. The van der Waals surface area contributed by atoms with E-state index in [0.29, 0.717) is 18.0 Å². The molecule has 0 spiro atoms. The second-order valence-corrected chi connectivity index (χ2v) is 5.94. The Kier molecular flexibility index (Phi) is 4.93. The number of rotatable bonds is 6. The largest absolute Gasteiger partial charge is 0.502 e. The zero-order chi connectivity index (χ0) is 17.8. The maximum Gasteiger partial charge on any atom is 0.253 e. The molecule has 5 heteroatoms. The Balaban J connectivity index is 1.84. The molecule has 0 aliphatic rings. The van der Waals surface area contributed by atoms with Gasteiger partial charge in [-0.05, 0) is 17.7 Å². The van der Waals surface area contributed by atoms with Crippen LogP contribution in [0.2, 0.25) is 0 Å². The van der Waals surface area contributed by atoms with Crippen molar-refractivity contribution in [2.45, 2.75) is 20.0 Å². The third-order valence-corrected chi connectivity index (χ3v) is 4.35. The van der Waals surface area contributed by atoms with Crippen LogP contribution >= 0.6 is 0 Å². The lowest BCUT2D eigenvalue weighted by Gasteiger charge is -2.10. The standard InChI is InChI=1S/C20H22N2O3/c1-15-21(13-16-7-5-4-6-8-16)9-10-22(15)14-17-11-18(24-2)20(23)19(12-17)25-3/h4-12H,13-14H2,1-3H3/p+1. The molecule has 1 aromatic heterocycles. The molecule has 130 valence electrons. The molecule has 0 saturated heterocycles. The molecular formula is C20H23N2O3+. The number of benzene rings is 2. The van der Waals surface area contributed by atoms with Crippen LogP contribution in [0.1, 0.15) is 17.0 Å². The van der Waals surface area contributed by atoms with Gasteiger partial charge in [0.2, 0.25) is 5.75 Å². The zero-order valence-corrected chi connectivity index (χ0v) is 14.8. The molecule has 0 bridgehead atoms. The number of ether oxygens (including phenoxy) is 2. The number of hydrogen-bond acceptors (Lipinski definition) is 3. The van der Waals surface area contributed by atoms with E-state index in [0.717, 1.165) is 17.9 Å².